The first-order valence-corrected chi connectivity index (χ1v) is 11.9. The molecule has 1 aromatic heterocycles. The Hall–Kier alpha value is -1.36. The highest BCUT2D eigenvalue weighted by Crippen LogP contribution is 2.30. The summed E-state index contributed by atoms with van der Waals surface area (Å²) in [5.41, 5.74) is 1.08. The van der Waals surface area contributed by atoms with E-state index in [0.717, 1.165) is 10.6 Å². The van der Waals surface area contributed by atoms with Crippen LogP contribution in [0.2, 0.25) is 5.02 Å². The number of hydrogen-bond donors (Lipinski definition) is 1. The molecular weight excluding hydrogens is 416 g/mol. The molecular formula is C15H19ClN4O3S3. The predicted molar refractivity (Wildman–Crippen MR) is 108 cm³/mol. The highest BCUT2D eigenvalue weighted by atomic mass is 35.5. The second-order valence-electron chi connectivity index (χ2n) is 5.48. The normalized spacial score (nSPS) is 12.7. The van der Waals surface area contributed by atoms with Crippen LogP contribution in [0.1, 0.15) is 18.9 Å². The van der Waals surface area contributed by atoms with Crippen LogP contribution >= 0.6 is 34.7 Å². The maximum absolute atomic E-state index is 12.8. The van der Waals surface area contributed by atoms with Crippen LogP contribution in [0.4, 0.5) is 10.8 Å². The number of rotatable bonds is 7. The van der Waals surface area contributed by atoms with E-state index >= 15 is 0 Å². The van der Waals surface area contributed by atoms with Gasteiger partial charge in [-0.1, -0.05) is 47.7 Å². The molecule has 0 saturated carbocycles. The number of carbonyl (C=O) groups is 1. The van der Waals surface area contributed by atoms with Gasteiger partial charge in [-0.15, -0.1) is 10.2 Å². The zero-order valence-corrected chi connectivity index (χ0v) is 17.9. The van der Waals surface area contributed by atoms with Gasteiger partial charge >= 0.3 is 0 Å². The lowest BCUT2D eigenvalue weighted by Gasteiger charge is -2.31. The quantitative estimate of drug-likeness (QED) is 0.530. The maximum atomic E-state index is 12.8. The molecule has 11 heteroatoms. The fraction of sp³-hybridized carbons (Fsp3) is 0.400. The fourth-order valence-electron chi connectivity index (χ4n) is 2.39. The van der Waals surface area contributed by atoms with Gasteiger partial charge in [0.15, 0.2) is 4.34 Å². The fourth-order valence-corrected chi connectivity index (χ4v) is 4.99. The van der Waals surface area contributed by atoms with E-state index in [-0.39, 0.29) is 6.42 Å². The maximum Gasteiger partial charge on any atom is 0.250 e. The molecule has 1 atom stereocenters. The lowest BCUT2D eigenvalue weighted by molar-refractivity contribution is -0.117. The minimum absolute atomic E-state index is 0.277. The first-order valence-electron chi connectivity index (χ1n) is 7.61. The van der Waals surface area contributed by atoms with Gasteiger partial charge in [0.05, 0.1) is 11.9 Å². The predicted octanol–water partition coefficient (Wildman–Crippen LogP) is 3.41. The third kappa shape index (κ3) is 4.87. The number of sulfonamides is 1. The Balaban J connectivity index is 2.41. The standard InChI is InChI=1S/C15H19ClN4O3S3/c1-5-11(13(21)17-14-18-19-15(24-3)25-14)20(26(4,22)23)12-8-10(16)7-6-9(12)2/h6-8,11H,5H2,1-4H3,(H,17,18,21)/t11-/m0/s1. The monoisotopic (exact) mass is 434 g/mol. The number of aryl methyl sites for hydroxylation is 1. The summed E-state index contributed by atoms with van der Waals surface area (Å²) in [5.74, 6) is -0.471. The van der Waals surface area contributed by atoms with Gasteiger partial charge < -0.3 is 0 Å². The summed E-state index contributed by atoms with van der Waals surface area (Å²) in [6.07, 6.45) is 3.20. The van der Waals surface area contributed by atoms with E-state index in [0.29, 0.717) is 25.7 Å². The number of amides is 1. The number of benzene rings is 1. The molecule has 0 aliphatic heterocycles. The van der Waals surface area contributed by atoms with Crippen molar-refractivity contribution >= 4 is 61.4 Å². The molecule has 0 saturated heterocycles. The summed E-state index contributed by atoms with van der Waals surface area (Å²) in [5, 5.41) is 11.2. The minimum Gasteiger partial charge on any atom is -0.299 e. The number of carbonyl (C=O) groups excluding carboxylic acids is 1. The zero-order chi connectivity index (χ0) is 19.5. The summed E-state index contributed by atoms with van der Waals surface area (Å²) in [6, 6.07) is 4.00. The molecule has 0 aliphatic rings. The minimum atomic E-state index is -3.73. The zero-order valence-electron chi connectivity index (χ0n) is 14.7. The molecule has 1 N–H and O–H groups in total. The number of hydrogen-bond acceptors (Lipinski definition) is 7. The van der Waals surface area contributed by atoms with Gasteiger partial charge in [0.25, 0.3) is 0 Å². The van der Waals surface area contributed by atoms with E-state index in [2.05, 4.69) is 15.5 Å². The van der Waals surface area contributed by atoms with Crippen LogP contribution in [-0.4, -0.2) is 43.1 Å². The van der Waals surface area contributed by atoms with E-state index in [4.69, 9.17) is 11.6 Å². The molecule has 1 heterocycles. The van der Waals surface area contributed by atoms with Crippen molar-refractivity contribution in [2.45, 2.75) is 30.6 Å². The van der Waals surface area contributed by atoms with E-state index in [1.165, 1.54) is 23.1 Å². The van der Waals surface area contributed by atoms with Crippen LogP contribution in [0.3, 0.4) is 0 Å². The molecule has 0 unspecified atom stereocenters. The van der Waals surface area contributed by atoms with Crippen LogP contribution in [0.25, 0.3) is 0 Å². The topological polar surface area (TPSA) is 92.3 Å². The summed E-state index contributed by atoms with van der Waals surface area (Å²) >= 11 is 8.69. The van der Waals surface area contributed by atoms with Crippen molar-refractivity contribution in [1.82, 2.24) is 10.2 Å². The number of thioether (sulfide) groups is 1. The van der Waals surface area contributed by atoms with Gasteiger partial charge in [0.2, 0.25) is 21.1 Å². The number of halogens is 1. The largest absolute Gasteiger partial charge is 0.299 e. The summed E-state index contributed by atoms with van der Waals surface area (Å²) in [7, 11) is -3.73. The van der Waals surface area contributed by atoms with E-state index in [1.54, 1.807) is 32.0 Å². The SMILES string of the molecule is CC[C@@H](C(=O)Nc1nnc(SC)s1)N(c1cc(Cl)ccc1C)S(C)(=O)=O. The van der Waals surface area contributed by atoms with Crippen molar-refractivity contribution in [1.29, 1.82) is 0 Å². The van der Waals surface area contributed by atoms with E-state index in [9.17, 15) is 13.2 Å². The highest BCUT2D eigenvalue weighted by molar-refractivity contribution is 8.00. The summed E-state index contributed by atoms with van der Waals surface area (Å²) in [6.45, 7) is 3.51. The first-order chi connectivity index (χ1) is 12.2. The Morgan fingerprint density at radius 2 is 2.12 bits per heavy atom. The average molecular weight is 435 g/mol. The molecule has 0 spiro atoms. The molecule has 0 radical (unpaired) electrons. The highest BCUT2D eigenvalue weighted by Gasteiger charge is 2.33. The Morgan fingerprint density at radius 3 is 2.65 bits per heavy atom. The van der Waals surface area contributed by atoms with Crippen LogP contribution in [0.5, 0.6) is 0 Å². The third-order valence-electron chi connectivity index (χ3n) is 3.55. The molecule has 0 fully saturated rings. The van der Waals surface area contributed by atoms with Crippen LogP contribution in [-0.2, 0) is 14.8 Å². The summed E-state index contributed by atoms with van der Waals surface area (Å²) in [4.78, 5) is 12.8. The molecule has 0 bridgehead atoms. The third-order valence-corrected chi connectivity index (χ3v) is 6.76. The molecule has 142 valence electrons. The second-order valence-corrected chi connectivity index (χ2v) is 9.81. The van der Waals surface area contributed by atoms with Crippen molar-refractivity contribution < 1.29 is 13.2 Å². The van der Waals surface area contributed by atoms with E-state index < -0.39 is 22.0 Å². The van der Waals surface area contributed by atoms with Gasteiger partial charge in [0.1, 0.15) is 6.04 Å². The number of aromatic nitrogens is 2. The van der Waals surface area contributed by atoms with Crippen LogP contribution < -0.4 is 9.62 Å². The van der Waals surface area contributed by atoms with Crippen molar-refractivity contribution in [2.24, 2.45) is 0 Å². The Labute approximate surface area is 166 Å². The molecule has 0 aliphatic carbocycles. The van der Waals surface area contributed by atoms with Crippen molar-refractivity contribution in [3.63, 3.8) is 0 Å². The summed E-state index contributed by atoms with van der Waals surface area (Å²) < 4.78 is 26.8. The Bertz CT molecular complexity index is 901. The second kappa shape index (κ2) is 8.55. The molecule has 2 aromatic rings. The van der Waals surface area contributed by atoms with Crippen molar-refractivity contribution in [2.75, 3.05) is 22.1 Å². The van der Waals surface area contributed by atoms with Gasteiger partial charge in [-0.3, -0.25) is 14.4 Å². The van der Waals surface area contributed by atoms with Crippen molar-refractivity contribution in [3.05, 3.63) is 28.8 Å². The lowest BCUT2D eigenvalue weighted by atomic mass is 10.1. The van der Waals surface area contributed by atoms with Gasteiger partial charge in [-0.05, 0) is 37.3 Å². The van der Waals surface area contributed by atoms with Gasteiger partial charge in [-0.2, -0.15) is 0 Å². The lowest BCUT2D eigenvalue weighted by Crippen LogP contribution is -2.47. The van der Waals surface area contributed by atoms with Gasteiger partial charge in [0, 0.05) is 5.02 Å². The van der Waals surface area contributed by atoms with Gasteiger partial charge in [-0.25, -0.2) is 8.42 Å². The smallest absolute Gasteiger partial charge is 0.250 e. The number of nitrogens with zero attached hydrogens (tertiary/aromatic N) is 3. The molecule has 26 heavy (non-hydrogen) atoms. The number of nitrogens with one attached hydrogen (secondary N) is 1. The molecule has 7 nitrogen and oxygen atoms in total. The Morgan fingerprint density at radius 1 is 1.42 bits per heavy atom. The Kier molecular flexibility index (Phi) is 6.89. The molecule has 2 rings (SSSR count). The number of anilines is 2. The molecule has 1 aromatic carbocycles. The average Bonchev–Trinajstić information content (AvgIpc) is 3.01. The molecule has 1 amide bonds. The van der Waals surface area contributed by atoms with Crippen molar-refractivity contribution in [3.8, 4) is 0 Å². The van der Waals surface area contributed by atoms with Crippen LogP contribution in [0, 0.1) is 6.92 Å². The van der Waals surface area contributed by atoms with Crippen LogP contribution in [0.15, 0.2) is 22.5 Å². The first kappa shape index (κ1) is 20.9. The van der Waals surface area contributed by atoms with E-state index in [1.807, 2.05) is 6.26 Å².